The molecule has 3 rings (SSSR count). The molecule has 1 heterocycles. The maximum atomic E-state index is 11.8. The summed E-state index contributed by atoms with van der Waals surface area (Å²) in [5.41, 5.74) is 0. The van der Waals surface area contributed by atoms with E-state index in [1.54, 1.807) is 0 Å². The van der Waals surface area contributed by atoms with Crippen LogP contribution in [-0.2, 0) is 4.79 Å². The van der Waals surface area contributed by atoms with E-state index in [-0.39, 0.29) is 0 Å². The van der Waals surface area contributed by atoms with E-state index >= 15 is 0 Å². The van der Waals surface area contributed by atoms with Gasteiger partial charge in [-0.2, -0.15) is 0 Å². The van der Waals surface area contributed by atoms with Gasteiger partial charge < -0.3 is 4.90 Å². The average molecular weight is 222 g/mol. The number of hydrogen-bond acceptors (Lipinski definition) is 2. The molecule has 3 heteroatoms. The first-order valence-electron chi connectivity index (χ1n) is 6.80. The van der Waals surface area contributed by atoms with Gasteiger partial charge in [0.1, 0.15) is 0 Å². The van der Waals surface area contributed by atoms with Gasteiger partial charge in [-0.05, 0) is 43.4 Å². The molecule has 4 atom stereocenters. The second-order valence-electron chi connectivity index (χ2n) is 5.79. The zero-order chi connectivity index (χ0) is 11.1. The fourth-order valence-electron chi connectivity index (χ4n) is 4.04. The van der Waals surface area contributed by atoms with Crippen molar-refractivity contribution in [1.82, 2.24) is 10.2 Å². The van der Waals surface area contributed by atoms with Gasteiger partial charge in [0.25, 0.3) is 0 Å². The van der Waals surface area contributed by atoms with Crippen molar-refractivity contribution in [2.45, 2.75) is 45.2 Å². The van der Waals surface area contributed by atoms with E-state index in [9.17, 15) is 4.79 Å². The van der Waals surface area contributed by atoms with Crippen molar-refractivity contribution in [3.8, 4) is 0 Å². The number of fused-ring (bicyclic) bond motifs is 2. The first kappa shape index (κ1) is 10.6. The van der Waals surface area contributed by atoms with Crippen LogP contribution in [0.15, 0.2) is 0 Å². The lowest BCUT2D eigenvalue weighted by Gasteiger charge is -2.30. The predicted molar refractivity (Wildman–Crippen MR) is 62.7 cm³/mol. The Bertz CT molecular complexity index is 292. The quantitative estimate of drug-likeness (QED) is 0.786. The molecule has 1 aliphatic heterocycles. The molecule has 0 radical (unpaired) electrons. The van der Waals surface area contributed by atoms with Crippen molar-refractivity contribution < 1.29 is 4.79 Å². The van der Waals surface area contributed by atoms with Gasteiger partial charge in [-0.15, -0.1) is 0 Å². The number of nitrogens with zero attached hydrogens (tertiary/aromatic N) is 1. The molecular weight excluding hydrogens is 200 g/mol. The molecular formula is C13H22N2O. The minimum absolute atomic E-state index is 0.312. The van der Waals surface area contributed by atoms with Gasteiger partial charge in [-0.3, -0.25) is 10.1 Å². The topological polar surface area (TPSA) is 32.3 Å². The molecule has 4 unspecified atom stereocenters. The van der Waals surface area contributed by atoms with Crippen LogP contribution in [0.4, 0.5) is 0 Å². The van der Waals surface area contributed by atoms with Crippen LogP contribution in [0.5, 0.6) is 0 Å². The molecule has 1 amide bonds. The van der Waals surface area contributed by atoms with E-state index in [2.05, 4.69) is 17.1 Å². The van der Waals surface area contributed by atoms with E-state index in [0.717, 1.165) is 30.7 Å². The van der Waals surface area contributed by atoms with Crippen LogP contribution in [0.25, 0.3) is 0 Å². The first-order chi connectivity index (χ1) is 7.78. The zero-order valence-corrected chi connectivity index (χ0v) is 10.1. The summed E-state index contributed by atoms with van der Waals surface area (Å²) in [5.74, 6) is 3.03. The van der Waals surface area contributed by atoms with E-state index in [1.807, 2.05) is 0 Å². The highest BCUT2D eigenvalue weighted by Crippen LogP contribution is 2.48. The number of amides is 1. The highest BCUT2D eigenvalue weighted by atomic mass is 16.2. The molecule has 0 aromatic rings. The fraction of sp³-hybridized carbons (Fsp3) is 0.923. The maximum Gasteiger partial charge on any atom is 0.237 e. The van der Waals surface area contributed by atoms with Gasteiger partial charge in [0.2, 0.25) is 5.91 Å². The van der Waals surface area contributed by atoms with Crippen LogP contribution in [0, 0.1) is 17.8 Å². The molecule has 3 nitrogen and oxygen atoms in total. The summed E-state index contributed by atoms with van der Waals surface area (Å²) in [7, 11) is 0. The molecule has 1 saturated heterocycles. The highest BCUT2D eigenvalue weighted by molar-refractivity contribution is 5.80. The smallest absolute Gasteiger partial charge is 0.237 e. The number of hydrogen-bond donors (Lipinski definition) is 1. The molecule has 2 aliphatic carbocycles. The third-order valence-corrected chi connectivity index (χ3v) is 4.89. The Kier molecular flexibility index (Phi) is 2.66. The van der Waals surface area contributed by atoms with E-state index in [1.165, 1.54) is 25.7 Å². The Morgan fingerprint density at radius 3 is 2.88 bits per heavy atom. The zero-order valence-electron chi connectivity index (χ0n) is 10.1. The third kappa shape index (κ3) is 1.65. The monoisotopic (exact) mass is 222 g/mol. The molecule has 2 bridgehead atoms. The van der Waals surface area contributed by atoms with Crippen molar-refractivity contribution in [1.29, 1.82) is 0 Å². The van der Waals surface area contributed by atoms with Crippen molar-refractivity contribution in [3.63, 3.8) is 0 Å². The predicted octanol–water partition coefficient (Wildman–Crippen LogP) is 1.59. The van der Waals surface area contributed by atoms with Crippen molar-refractivity contribution in [2.75, 3.05) is 13.1 Å². The average Bonchev–Trinajstić information content (AvgIpc) is 2.96. The Hall–Kier alpha value is -0.570. The van der Waals surface area contributed by atoms with Crippen LogP contribution >= 0.6 is 0 Å². The number of rotatable bonds is 3. The lowest BCUT2D eigenvalue weighted by atomic mass is 9.88. The molecule has 0 aromatic heterocycles. The van der Waals surface area contributed by atoms with Gasteiger partial charge in [0.15, 0.2) is 0 Å². The van der Waals surface area contributed by atoms with Gasteiger partial charge in [0, 0.05) is 6.54 Å². The van der Waals surface area contributed by atoms with Crippen molar-refractivity contribution in [2.24, 2.45) is 17.8 Å². The van der Waals surface area contributed by atoms with E-state index < -0.39 is 0 Å². The van der Waals surface area contributed by atoms with Crippen LogP contribution in [0.1, 0.15) is 39.0 Å². The normalized spacial score (nSPS) is 42.3. The Balaban J connectivity index is 1.63. The van der Waals surface area contributed by atoms with Crippen LogP contribution in [0.3, 0.4) is 0 Å². The lowest BCUT2D eigenvalue weighted by Crippen LogP contribution is -2.41. The molecule has 1 N–H and O–H groups in total. The van der Waals surface area contributed by atoms with Crippen LogP contribution < -0.4 is 5.32 Å². The molecule has 2 saturated carbocycles. The summed E-state index contributed by atoms with van der Waals surface area (Å²) < 4.78 is 0. The van der Waals surface area contributed by atoms with Crippen molar-refractivity contribution >= 4 is 5.91 Å². The number of nitrogens with one attached hydrogen (secondary N) is 1. The Morgan fingerprint density at radius 1 is 1.38 bits per heavy atom. The Morgan fingerprint density at radius 2 is 2.25 bits per heavy atom. The van der Waals surface area contributed by atoms with Gasteiger partial charge >= 0.3 is 0 Å². The second-order valence-corrected chi connectivity index (χ2v) is 5.79. The molecule has 16 heavy (non-hydrogen) atoms. The summed E-state index contributed by atoms with van der Waals surface area (Å²) in [4.78, 5) is 13.9. The summed E-state index contributed by atoms with van der Waals surface area (Å²) in [6.07, 6.45) is 7.03. The van der Waals surface area contributed by atoms with Crippen molar-refractivity contribution in [3.05, 3.63) is 0 Å². The summed E-state index contributed by atoms with van der Waals surface area (Å²) >= 11 is 0. The van der Waals surface area contributed by atoms with E-state index in [4.69, 9.17) is 0 Å². The summed E-state index contributed by atoms with van der Waals surface area (Å²) in [6.45, 7) is 3.73. The number of carbonyl (C=O) groups excluding carboxylic acids is 1. The standard InChI is InChI=1S/C13H22N2O/c1-2-12-14-7-13(16)15(12)8-11-6-9-3-4-10(11)5-9/h9-12,14H,2-8H2,1H3. The Labute approximate surface area is 97.6 Å². The SMILES string of the molecule is CCC1NCC(=O)N1CC1CC2CCC1C2. The molecule has 0 spiro atoms. The largest absolute Gasteiger partial charge is 0.326 e. The summed E-state index contributed by atoms with van der Waals surface area (Å²) in [6, 6.07) is 0. The minimum atomic E-state index is 0.312. The highest BCUT2D eigenvalue weighted by Gasteiger charge is 2.42. The lowest BCUT2D eigenvalue weighted by molar-refractivity contribution is -0.128. The van der Waals surface area contributed by atoms with Gasteiger partial charge in [-0.1, -0.05) is 13.3 Å². The molecule has 90 valence electrons. The molecule has 3 fully saturated rings. The van der Waals surface area contributed by atoms with Crippen LogP contribution in [0.2, 0.25) is 0 Å². The molecule has 0 aromatic carbocycles. The molecule has 3 aliphatic rings. The van der Waals surface area contributed by atoms with Gasteiger partial charge in [0.05, 0.1) is 12.7 Å². The first-order valence-corrected chi connectivity index (χ1v) is 6.80. The maximum absolute atomic E-state index is 11.8. The minimum Gasteiger partial charge on any atom is -0.326 e. The van der Waals surface area contributed by atoms with Gasteiger partial charge in [-0.25, -0.2) is 0 Å². The summed E-state index contributed by atoms with van der Waals surface area (Å²) in [5, 5.41) is 3.30. The second kappa shape index (κ2) is 4.02. The van der Waals surface area contributed by atoms with E-state index in [0.29, 0.717) is 18.6 Å². The van der Waals surface area contributed by atoms with Crippen LogP contribution in [-0.4, -0.2) is 30.1 Å². The fourth-order valence-corrected chi connectivity index (χ4v) is 4.04. The third-order valence-electron chi connectivity index (χ3n) is 4.89. The number of carbonyl (C=O) groups is 1.